The van der Waals surface area contributed by atoms with Crippen molar-refractivity contribution >= 4 is 15.8 Å². The molecule has 0 saturated carbocycles. The smallest absolute Gasteiger partial charge is 0.306 e. The lowest BCUT2D eigenvalue weighted by Gasteiger charge is -2.11. The van der Waals surface area contributed by atoms with E-state index >= 15 is 0 Å². The van der Waals surface area contributed by atoms with Gasteiger partial charge in [0.05, 0.1) is 10.6 Å². The van der Waals surface area contributed by atoms with E-state index in [0.717, 1.165) is 5.56 Å². The van der Waals surface area contributed by atoms with Crippen LogP contribution in [0.4, 0.5) is 0 Å². The summed E-state index contributed by atoms with van der Waals surface area (Å²) in [7, 11) is -3.38. The van der Waals surface area contributed by atoms with Gasteiger partial charge in [0.25, 0.3) is 0 Å². The highest BCUT2D eigenvalue weighted by atomic mass is 32.2. The van der Waals surface area contributed by atoms with Gasteiger partial charge in [0.2, 0.25) is 0 Å². The van der Waals surface area contributed by atoms with Crippen LogP contribution in [-0.4, -0.2) is 26.2 Å². The molecule has 0 bridgehead atoms. The van der Waals surface area contributed by atoms with Crippen LogP contribution in [0.2, 0.25) is 0 Å². The lowest BCUT2D eigenvalue weighted by atomic mass is 10.2. The minimum atomic E-state index is -3.38. The predicted octanol–water partition coefficient (Wildman–Crippen LogP) is 1.47. The summed E-state index contributed by atoms with van der Waals surface area (Å²) < 4.78 is 29.2. The van der Waals surface area contributed by atoms with Crippen molar-refractivity contribution in [3.8, 4) is 0 Å². The Hall–Kier alpha value is -1.36. The molecule has 1 aliphatic heterocycles. The quantitative estimate of drug-likeness (QED) is 0.766. The van der Waals surface area contributed by atoms with Crippen LogP contribution in [0.5, 0.6) is 0 Å². The molecule has 0 unspecified atom stereocenters. The van der Waals surface area contributed by atoms with Crippen molar-refractivity contribution in [2.75, 3.05) is 5.75 Å². The van der Waals surface area contributed by atoms with Crippen molar-refractivity contribution in [2.24, 2.45) is 0 Å². The van der Waals surface area contributed by atoms with E-state index < -0.39 is 15.9 Å². The van der Waals surface area contributed by atoms with Gasteiger partial charge in [0.15, 0.2) is 9.84 Å². The molecule has 1 heterocycles. The fourth-order valence-corrected chi connectivity index (χ4v) is 3.69. The Morgan fingerprint density at radius 2 is 2.06 bits per heavy atom. The van der Waals surface area contributed by atoms with Crippen LogP contribution in [0.3, 0.4) is 0 Å². The van der Waals surface area contributed by atoms with Crippen molar-refractivity contribution < 1.29 is 17.9 Å². The van der Waals surface area contributed by atoms with Crippen molar-refractivity contribution in [1.82, 2.24) is 0 Å². The van der Waals surface area contributed by atoms with Crippen LogP contribution < -0.4 is 0 Å². The number of hydrogen-bond acceptors (Lipinski definition) is 4. The SMILES string of the molecule is Cc1ccccc1S(=O)(=O)C[C@@H]1CCC(=O)O1. The number of hydrogen-bond donors (Lipinski definition) is 0. The van der Waals surface area contributed by atoms with Crippen LogP contribution in [0.1, 0.15) is 18.4 Å². The van der Waals surface area contributed by atoms with Gasteiger partial charge in [-0.05, 0) is 25.0 Å². The Morgan fingerprint density at radius 3 is 2.65 bits per heavy atom. The molecular formula is C12H14O4S. The first-order valence-electron chi connectivity index (χ1n) is 5.47. The standard InChI is InChI=1S/C12H14O4S/c1-9-4-2-3-5-11(9)17(14,15)8-10-6-7-12(13)16-10/h2-5,10H,6-8H2,1H3/t10-/m0/s1. The average Bonchev–Trinajstić information content (AvgIpc) is 2.63. The molecule has 0 N–H and O–H groups in total. The maximum Gasteiger partial charge on any atom is 0.306 e. The number of aryl methyl sites for hydroxylation is 1. The van der Waals surface area contributed by atoms with Crippen LogP contribution in [-0.2, 0) is 19.4 Å². The zero-order valence-electron chi connectivity index (χ0n) is 9.55. The maximum absolute atomic E-state index is 12.1. The topological polar surface area (TPSA) is 60.4 Å². The number of sulfone groups is 1. The summed E-state index contributed by atoms with van der Waals surface area (Å²) in [6.07, 6.45) is 0.310. The first kappa shape index (κ1) is 12.1. The molecule has 0 aliphatic carbocycles. The zero-order chi connectivity index (χ0) is 12.5. The molecule has 17 heavy (non-hydrogen) atoms. The van der Waals surface area contributed by atoms with E-state index in [0.29, 0.717) is 17.7 Å². The van der Waals surface area contributed by atoms with E-state index in [2.05, 4.69) is 0 Å². The van der Waals surface area contributed by atoms with Gasteiger partial charge in [0.1, 0.15) is 6.10 Å². The molecule has 1 atom stereocenters. The summed E-state index contributed by atoms with van der Waals surface area (Å²) >= 11 is 0. The third kappa shape index (κ3) is 2.66. The van der Waals surface area contributed by atoms with Crippen molar-refractivity contribution in [3.05, 3.63) is 29.8 Å². The molecule has 1 aliphatic rings. The summed E-state index contributed by atoms with van der Waals surface area (Å²) in [6.45, 7) is 1.76. The number of carbonyl (C=O) groups is 1. The largest absolute Gasteiger partial charge is 0.461 e. The number of ether oxygens (including phenoxy) is 1. The summed E-state index contributed by atoms with van der Waals surface area (Å²) in [5.41, 5.74) is 0.719. The van der Waals surface area contributed by atoms with E-state index in [1.807, 2.05) is 0 Å². The normalized spacial score (nSPS) is 20.3. The number of rotatable bonds is 3. The van der Waals surface area contributed by atoms with E-state index in [9.17, 15) is 13.2 Å². The third-order valence-corrected chi connectivity index (χ3v) is 4.74. The predicted molar refractivity (Wildman–Crippen MR) is 62.3 cm³/mol. The van der Waals surface area contributed by atoms with Gasteiger partial charge < -0.3 is 4.74 Å². The molecule has 4 nitrogen and oxygen atoms in total. The number of cyclic esters (lactones) is 1. The van der Waals surface area contributed by atoms with E-state index in [1.165, 1.54) is 0 Å². The Morgan fingerprint density at radius 1 is 1.35 bits per heavy atom. The number of benzene rings is 1. The Bertz CT molecular complexity index is 533. The second-order valence-corrected chi connectivity index (χ2v) is 6.20. The third-order valence-electron chi connectivity index (χ3n) is 2.80. The maximum atomic E-state index is 12.1. The zero-order valence-corrected chi connectivity index (χ0v) is 10.4. The van der Waals surface area contributed by atoms with Gasteiger partial charge in [-0.15, -0.1) is 0 Å². The van der Waals surface area contributed by atoms with Gasteiger partial charge in [0, 0.05) is 6.42 Å². The fraction of sp³-hybridized carbons (Fsp3) is 0.417. The van der Waals surface area contributed by atoms with E-state index in [4.69, 9.17) is 4.74 Å². The fourth-order valence-electron chi connectivity index (χ4n) is 1.94. The lowest BCUT2D eigenvalue weighted by molar-refractivity contribution is -0.140. The van der Waals surface area contributed by atoms with Crippen molar-refractivity contribution in [3.63, 3.8) is 0 Å². The highest BCUT2D eigenvalue weighted by Gasteiger charge is 2.29. The number of esters is 1. The molecule has 1 aromatic rings. The molecule has 0 amide bonds. The van der Waals surface area contributed by atoms with Crippen LogP contribution in [0.25, 0.3) is 0 Å². The summed E-state index contributed by atoms with van der Waals surface area (Å²) in [5, 5.41) is 0. The minimum absolute atomic E-state index is 0.121. The second kappa shape index (κ2) is 4.49. The van der Waals surface area contributed by atoms with Crippen LogP contribution in [0.15, 0.2) is 29.2 Å². The molecule has 1 saturated heterocycles. The second-order valence-electron chi connectivity index (χ2n) is 4.20. The van der Waals surface area contributed by atoms with E-state index in [-0.39, 0.29) is 11.7 Å². The Labute approximate surface area is 101 Å². The summed E-state index contributed by atoms with van der Waals surface area (Å²) in [6, 6.07) is 6.83. The molecule has 1 aromatic carbocycles. The first-order valence-corrected chi connectivity index (χ1v) is 7.12. The highest BCUT2D eigenvalue weighted by Crippen LogP contribution is 2.21. The Kier molecular flexibility index (Phi) is 3.19. The first-order chi connectivity index (χ1) is 7.99. The van der Waals surface area contributed by atoms with Gasteiger partial charge in [-0.25, -0.2) is 8.42 Å². The summed E-state index contributed by atoms with van der Waals surface area (Å²) in [4.78, 5) is 11.2. The number of carbonyl (C=O) groups excluding carboxylic acids is 1. The van der Waals surface area contributed by atoms with Gasteiger partial charge in [-0.3, -0.25) is 4.79 Å². The van der Waals surface area contributed by atoms with Crippen LogP contribution >= 0.6 is 0 Å². The molecule has 2 rings (SSSR count). The van der Waals surface area contributed by atoms with Crippen molar-refractivity contribution in [2.45, 2.75) is 30.8 Å². The molecular weight excluding hydrogens is 240 g/mol. The molecule has 0 spiro atoms. The Balaban J connectivity index is 2.20. The van der Waals surface area contributed by atoms with Crippen LogP contribution in [0, 0.1) is 6.92 Å². The van der Waals surface area contributed by atoms with Crippen molar-refractivity contribution in [1.29, 1.82) is 0 Å². The monoisotopic (exact) mass is 254 g/mol. The summed E-state index contributed by atoms with van der Waals surface area (Å²) in [5.74, 6) is -0.432. The van der Waals surface area contributed by atoms with Gasteiger partial charge >= 0.3 is 5.97 Å². The molecule has 5 heteroatoms. The molecule has 1 fully saturated rings. The highest BCUT2D eigenvalue weighted by molar-refractivity contribution is 7.91. The minimum Gasteiger partial charge on any atom is -0.461 e. The van der Waals surface area contributed by atoms with Gasteiger partial charge in [-0.2, -0.15) is 0 Å². The average molecular weight is 254 g/mol. The molecule has 0 radical (unpaired) electrons. The van der Waals surface area contributed by atoms with Gasteiger partial charge in [-0.1, -0.05) is 18.2 Å². The molecule has 92 valence electrons. The molecule has 0 aromatic heterocycles. The lowest BCUT2D eigenvalue weighted by Crippen LogP contribution is -2.21. The van der Waals surface area contributed by atoms with E-state index in [1.54, 1.807) is 31.2 Å².